The summed E-state index contributed by atoms with van der Waals surface area (Å²) < 4.78 is 5.87. The Labute approximate surface area is 138 Å². The normalized spacial score (nSPS) is 18.7. The zero-order valence-electron chi connectivity index (χ0n) is 13.7. The second-order valence-corrected chi connectivity index (χ2v) is 6.12. The lowest BCUT2D eigenvalue weighted by Gasteiger charge is -2.32. The minimum atomic E-state index is 0.510. The molecule has 2 heterocycles. The van der Waals surface area contributed by atoms with Gasteiger partial charge in [0.05, 0.1) is 5.69 Å². The number of likely N-dealkylation sites (tertiary alicyclic amines) is 1. The van der Waals surface area contributed by atoms with Crippen LogP contribution in [0.5, 0.6) is 5.75 Å². The zero-order valence-corrected chi connectivity index (χ0v) is 13.7. The molecule has 23 heavy (non-hydrogen) atoms. The van der Waals surface area contributed by atoms with Gasteiger partial charge in [0.25, 0.3) is 0 Å². The van der Waals surface area contributed by atoms with E-state index in [4.69, 9.17) is 4.74 Å². The molecule has 1 aromatic carbocycles. The first kappa shape index (κ1) is 16.0. The van der Waals surface area contributed by atoms with Crippen molar-refractivity contribution >= 4 is 0 Å². The lowest BCUT2D eigenvalue weighted by Crippen LogP contribution is -2.43. The molecule has 2 aromatic rings. The average Bonchev–Trinajstić information content (AvgIpc) is 2.61. The first-order chi connectivity index (χ1) is 11.3. The minimum Gasteiger partial charge on any atom is -0.487 e. The molecule has 0 spiro atoms. The third kappa shape index (κ3) is 4.78. The Morgan fingerprint density at radius 2 is 2.22 bits per heavy atom. The highest BCUT2D eigenvalue weighted by atomic mass is 16.5. The fourth-order valence-electron chi connectivity index (χ4n) is 3.07. The quantitative estimate of drug-likeness (QED) is 0.890. The Hall–Kier alpha value is -1.91. The maximum Gasteiger partial charge on any atom is 0.130 e. The molecule has 1 fully saturated rings. The minimum absolute atomic E-state index is 0.510. The summed E-state index contributed by atoms with van der Waals surface area (Å²) in [6.07, 6.45) is 4.34. The van der Waals surface area contributed by atoms with Crippen LogP contribution in [0.2, 0.25) is 0 Å². The van der Waals surface area contributed by atoms with Gasteiger partial charge in [0.1, 0.15) is 12.4 Å². The number of pyridine rings is 1. The maximum absolute atomic E-state index is 5.87. The lowest BCUT2D eigenvalue weighted by molar-refractivity contribution is 0.187. The van der Waals surface area contributed by atoms with E-state index in [0.29, 0.717) is 12.6 Å². The predicted molar refractivity (Wildman–Crippen MR) is 92.4 cm³/mol. The SMILES string of the molecule is CNC1CCCN(Cc2cccc(OCc3ccccn3)c2)C1. The van der Waals surface area contributed by atoms with Crippen molar-refractivity contribution in [2.24, 2.45) is 0 Å². The highest BCUT2D eigenvalue weighted by Gasteiger charge is 2.18. The lowest BCUT2D eigenvalue weighted by atomic mass is 10.0. The smallest absolute Gasteiger partial charge is 0.130 e. The molecule has 0 saturated carbocycles. The van der Waals surface area contributed by atoms with Crippen LogP contribution in [0, 0.1) is 0 Å². The van der Waals surface area contributed by atoms with Crippen molar-refractivity contribution in [2.75, 3.05) is 20.1 Å². The second kappa shape index (κ2) is 8.09. The van der Waals surface area contributed by atoms with Crippen molar-refractivity contribution in [1.82, 2.24) is 15.2 Å². The molecule has 0 aliphatic carbocycles. The average molecular weight is 311 g/mol. The van der Waals surface area contributed by atoms with Gasteiger partial charge in [-0.3, -0.25) is 9.88 Å². The summed E-state index contributed by atoms with van der Waals surface area (Å²) in [4.78, 5) is 6.80. The van der Waals surface area contributed by atoms with E-state index in [-0.39, 0.29) is 0 Å². The molecule has 4 nitrogen and oxygen atoms in total. The van der Waals surface area contributed by atoms with Gasteiger partial charge in [-0.15, -0.1) is 0 Å². The molecule has 1 aliphatic heterocycles. The van der Waals surface area contributed by atoms with Crippen LogP contribution in [0.15, 0.2) is 48.7 Å². The van der Waals surface area contributed by atoms with Crippen LogP contribution in [0.1, 0.15) is 24.1 Å². The van der Waals surface area contributed by atoms with Crippen LogP contribution in [-0.4, -0.2) is 36.1 Å². The van der Waals surface area contributed by atoms with Crippen molar-refractivity contribution < 1.29 is 4.74 Å². The van der Waals surface area contributed by atoms with Gasteiger partial charge in [0, 0.05) is 25.3 Å². The number of nitrogens with one attached hydrogen (secondary N) is 1. The third-order valence-electron chi connectivity index (χ3n) is 4.33. The Balaban J connectivity index is 1.56. The number of rotatable bonds is 6. The van der Waals surface area contributed by atoms with Gasteiger partial charge in [-0.25, -0.2) is 0 Å². The molecule has 122 valence electrons. The van der Waals surface area contributed by atoms with Gasteiger partial charge >= 0.3 is 0 Å². The van der Waals surface area contributed by atoms with Gasteiger partial charge in [0.2, 0.25) is 0 Å². The van der Waals surface area contributed by atoms with Crippen molar-refractivity contribution in [3.05, 3.63) is 59.9 Å². The van der Waals surface area contributed by atoms with E-state index in [1.165, 1.54) is 24.9 Å². The monoisotopic (exact) mass is 311 g/mol. The molecule has 0 amide bonds. The highest BCUT2D eigenvalue weighted by Crippen LogP contribution is 2.18. The second-order valence-electron chi connectivity index (χ2n) is 6.12. The molecule has 1 N–H and O–H groups in total. The van der Waals surface area contributed by atoms with Crippen LogP contribution < -0.4 is 10.1 Å². The number of benzene rings is 1. The predicted octanol–water partition coefficient (Wildman–Crippen LogP) is 2.84. The molecule has 1 unspecified atom stereocenters. The van der Waals surface area contributed by atoms with Gasteiger partial charge in [-0.1, -0.05) is 18.2 Å². The summed E-state index contributed by atoms with van der Waals surface area (Å²) in [5.74, 6) is 0.912. The molecular weight excluding hydrogens is 286 g/mol. The molecular formula is C19H25N3O. The summed E-state index contributed by atoms with van der Waals surface area (Å²) in [7, 11) is 2.06. The Kier molecular flexibility index (Phi) is 5.61. The number of hydrogen-bond donors (Lipinski definition) is 1. The Morgan fingerprint density at radius 3 is 3.04 bits per heavy atom. The number of aromatic nitrogens is 1. The van der Waals surface area contributed by atoms with Crippen LogP contribution in [0.4, 0.5) is 0 Å². The standard InChI is InChI=1S/C19H25N3O/c1-20-17-8-5-11-22(14-17)13-16-6-4-9-19(12-16)23-15-18-7-2-3-10-21-18/h2-4,6-7,9-10,12,17,20H,5,8,11,13-15H2,1H3. The van der Waals surface area contributed by atoms with E-state index in [1.54, 1.807) is 6.20 Å². The van der Waals surface area contributed by atoms with E-state index < -0.39 is 0 Å². The zero-order chi connectivity index (χ0) is 15.9. The number of likely N-dealkylation sites (N-methyl/N-ethyl adjacent to an activating group) is 1. The summed E-state index contributed by atoms with van der Waals surface area (Å²) >= 11 is 0. The largest absolute Gasteiger partial charge is 0.487 e. The molecule has 0 radical (unpaired) electrons. The van der Waals surface area contributed by atoms with Crippen LogP contribution in [-0.2, 0) is 13.2 Å². The molecule has 3 rings (SSSR count). The first-order valence-electron chi connectivity index (χ1n) is 8.35. The topological polar surface area (TPSA) is 37.4 Å². The number of hydrogen-bond acceptors (Lipinski definition) is 4. The molecule has 1 aliphatic rings. The Morgan fingerprint density at radius 1 is 1.26 bits per heavy atom. The number of piperidine rings is 1. The van der Waals surface area contributed by atoms with Gasteiger partial charge < -0.3 is 10.1 Å². The molecule has 4 heteroatoms. The summed E-state index contributed by atoms with van der Waals surface area (Å²) in [5.41, 5.74) is 2.26. The summed E-state index contributed by atoms with van der Waals surface area (Å²) in [6, 6.07) is 14.9. The van der Waals surface area contributed by atoms with E-state index in [2.05, 4.69) is 40.4 Å². The first-order valence-corrected chi connectivity index (χ1v) is 8.35. The van der Waals surface area contributed by atoms with Gasteiger partial charge in [-0.2, -0.15) is 0 Å². The molecule has 0 bridgehead atoms. The van der Waals surface area contributed by atoms with Crippen molar-refractivity contribution in [2.45, 2.75) is 32.0 Å². The highest BCUT2D eigenvalue weighted by molar-refractivity contribution is 5.28. The van der Waals surface area contributed by atoms with E-state index in [0.717, 1.165) is 24.5 Å². The number of nitrogens with zero attached hydrogens (tertiary/aromatic N) is 2. The maximum atomic E-state index is 5.87. The summed E-state index contributed by atoms with van der Waals surface area (Å²) in [6.45, 7) is 3.79. The molecule has 1 atom stereocenters. The van der Waals surface area contributed by atoms with Crippen LogP contribution in [0.3, 0.4) is 0 Å². The van der Waals surface area contributed by atoms with E-state index >= 15 is 0 Å². The van der Waals surface area contributed by atoms with Crippen molar-refractivity contribution in [1.29, 1.82) is 0 Å². The van der Waals surface area contributed by atoms with Crippen LogP contribution >= 0.6 is 0 Å². The van der Waals surface area contributed by atoms with Crippen molar-refractivity contribution in [3.63, 3.8) is 0 Å². The van der Waals surface area contributed by atoms with Gasteiger partial charge in [0.15, 0.2) is 0 Å². The van der Waals surface area contributed by atoms with E-state index in [9.17, 15) is 0 Å². The number of ether oxygens (including phenoxy) is 1. The van der Waals surface area contributed by atoms with Gasteiger partial charge in [-0.05, 0) is 56.3 Å². The molecule has 1 aromatic heterocycles. The van der Waals surface area contributed by atoms with E-state index in [1.807, 2.05) is 24.3 Å². The van der Waals surface area contributed by atoms with Crippen LogP contribution in [0.25, 0.3) is 0 Å². The third-order valence-corrected chi connectivity index (χ3v) is 4.33. The Bertz CT molecular complexity index is 603. The fraction of sp³-hybridized carbons (Fsp3) is 0.421. The van der Waals surface area contributed by atoms with Crippen molar-refractivity contribution in [3.8, 4) is 5.75 Å². The molecule has 1 saturated heterocycles. The summed E-state index contributed by atoms with van der Waals surface area (Å²) in [5, 5.41) is 3.40. The fourth-order valence-corrected chi connectivity index (χ4v) is 3.07.